The molecule has 3 heteroatoms. The Morgan fingerprint density at radius 3 is 2.24 bits per heavy atom. The van der Waals surface area contributed by atoms with Gasteiger partial charge in [0.2, 0.25) is 0 Å². The first-order valence-corrected chi connectivity index (χ1v) is 5.68. The van der Waals surface area contributed by atoms with Gasteiger partial charge < -0.3 is 9.63 Å². The molecule has 1 aromatic carbocycles. The summed E-state index contributed by atoms with van der Waals surface area (Å²) >= 11 is 0. The molecule has 1 N–H and O–H groups in total. The van der Waals surface area contributed by atoms with Crippen molar-refractivity contribution < 1.29 is 9.63 Å². The lowest BCUT2D eigenvalue weighted by Crippen LogP contribution is -1.94. The third kappa shape index (κ3) is 1.98. The number of nitrogens with zero attached hydrogens (tertiary/aromatic N) is 1. The minimum Gasteiger partial charge on any atom is -0.391 e. The maximum absolute atomic E-state index is 9.39. The van der Waals surface area contributed by atoms with E-state index in [1.807, 2.05) is 6.92 Å². The van der Waals surface area contributed by atoms with Crippen LogP contribution in [0.3, 0.4) is 0 Å². The highest BCUT2D eigenvalue weighted by Crippen LogP contribution is 2.31. The number of hydrogen-bond acceptors (Lipinski definition) is 3. The molecule has 2 aromatic rings. The number of hydrogen-bond donors (Lipinski definition) is 1. The summed E-state index contributed by atoms with van der Waals surface area (Å²) < 4.78 is 5.17. The van der Waals surface area contributed by atoms with E-state index in [0.29, 0.717) is 5.76 Å². The van der Waals surface area contributed by atoms with E-state index < -0.39 is 0 Å². The lowest BCUT2D eigenvalue weighted by molar-refractivity contribution is 0.278. The summed E-state index contributed by atoms with van der Waals surface area (Å²) in [5, 5.41) is 13.5. The summed E-state index contributed by atoms with van der Waals surface area (Å²) in [6, 6.07) is 4.24. The van der Waals surface area contributed by atoms with Gasteiger partial charge in [0.25, 0.3) is 0 Å². The maximum Gasteiger partial charge on any atom is 0.139 e. The number of aromatic nitrogens is 1. The molecule has 3 nitrogen and oxygen atoms in total. The Kier molecular flexibility index (Phi) is 3.03. The quantitative estimate of drug-likeness (QED) is 0.864. The van der Waals surface area contributed by atoms with E-state index in [1.165, 1.54) is 5.56 Å². The Balaban J connectivity index is 2.68. The molecule has 0 fully saturated rings. The lowest BCUT2D eigenvalue weighted by atomic mass is 9.95. The van der Waals surface area contributed by atoms with Crippen molar-refractivity contribution in [3.05, 3.63) is 40.1 Å². The number of aliphatic hydroxyl groups is 1. The van der Waals surface area contributed by atoms with E-state index >= 15 is 0 Å². The highest BCUT2D eigenvalue weighted by atomic mass is 16.5. The third-order valence-corrected chi connectivity index (χ3v) is 3.06. The summed E-state index contributed by atoms with van der Waals surface area (Å²) in [6.45, 7) is 7.96. The molecule has 0 saturated carbocycles. The predicted octanol–water partition coefficient (Wildman–Crippen LogP) is 3.07. The fourth-order valence-corrected chi connectivity index (χ4v) is 2.33. The van der Waals surface area contributed by atoms with Crippen molar-refractivity contribution in [2.45, 2.75) is 34.3 Å². The Labute approximate surface area is 101 Å². The zero-order valence-corrected chi connectivity index (χ0v) is 10.7. The molecule has 0 atom stereocenters. The Hall–Kier alpha value is -1.61. The van der Waals surface area contributed by atoms with Crippen LogP contribution >= 0.6 is 0 Å². The topological polar surface area (TPSA) is 46.3 Å². The van der Waals surface area contributed by atoms with Gasteiger partial charge in [-0.3, -0.25) is 0 Å². The molecular formula is C14H17NO2. The number of rotatable bonds is 2. The van der Waals surface area contributed by atoms with E-state index in [9.17, 15) is 5.11 Å². The first kappa shape index (κ1) is 11.9. The normalized spacial score (nSPS) is 10.9. The van der Waals surface area contributed by atoms with Crippen LogP contribution in [0, 0.1) is 27.7 Å². The second kappa shape index (κ2) is 4.34. The van der Waals surface area contributed by atoms with Crippen LogP contribution in [0.25, 0.3) is 11.3 Å². The molecule has 0 saturated heterocycles. The van der Waals surface area contributed by atoms with Gasteiger partial charge in [0.1, 0.15) is 11.5 Å². The van der Waals surface area contributed by atoms with Gasteiger partial charge in [-0.15, -0.1) is 0 Å². The van der Waals surface area contributed by atoms with E-state index in [2.05, 4.69) is 38.1 Å². The van der Waals surface area contributed by atoms with Crippen LogP contribution in [0.15, 0.2) is 16.7 Å². The highest BCUT2D eigenvalue weighted by molar-refractivity contribution is 5.71. The highest BCUT2D eigenvalue weighted by Gasteiger charge is 2.17. The summed E-state index contributed by atoms with van der Waals surface area (Å²) in [4.78, 5) is 0. The fraction of sp³-hybridized carbons (Fsp3) is 0.357. The van der Waals surface area contributed by atoms with Gasteiger partial charge >= 0.3 is 0 Å². The van der Waals surface area contributed by atoms with Crippen molar-refractivity contribution in [2.75, 3.05) is 0 Å². The lowest BCUT2D eigenvalue weighted by Gasteiger charge is -2.09. The molecular weight excluding hydrogens is 214 g/mol. The van der Waals surface area contributed by atoms with Crippen LogP contribution in [0.4, 0.5) is 0 Å². The minimum absolute atomic E-state index is 0.0442. The van der Waals surface area contributed by atoms with Gasteiger partial charge in [-0.1, -0.05) is 22.9 Å². The van der Waals surface area contributed by atoms with Gasteiger partial charge in [-0.05, 0) is 38.8 Å². The van der Waals surface area contributed by atoms with E-state index in [0.717, 1.165) is 27.9 Å². The van der Waals surface area contributed by atoms with Crippen molar-refractivity contribution >= 4 is 0 Å². The zero-order valence-electron chi connectivity index (χ0n) is 10.7. The fourth-order valence-electron chi connectivity index (χ4n) is 2.33. The van der Waals surface area contributed by atoms with Crippen LogP contribution in [-0.4, -0.2) is 10.3 Å². The Morgan fingerprint density at radius 1 is 1.12 bits per heavy atom. The number of aryl methyl sites for hydroxylation is 4. The molecule has 1 heterocycles. The van der Waals surface area contributed by atoms with Crippen molar-refractivity contribution in [1.29, 1.82) is 0 Å². The summed E-state index contributed by atoms with van der Waals surface area (Å²) in [5.74, 6) is 0.682. The molecule has 0 aliphatic carbocycles. The summed E-state index contributed by atoms with van der Waals surface area (Å²) in [5.41, 5.74) is 6.15. The van der Waals surface area contributed by atoms with Gasteiger partial charge in [0.15, 0.2) is 0 Å². The van der Waals surface area contributed by atoms with Crippen LogP contribution in [-0.2, 0) is 6.61 Å². The number of aliphatic hydroxyl groups excluding tert-OH is 1. The standard InChI is InChI=1S/C14H17NO2/c1-8-5-9(2)13(10(3)6-8)14-12(7-16)11(4)17-15-14/h5-6,16H,7H2,1-4H3. The van der Waals surface area contributed by atoms with Crippen molar-refractivity contribution in [3.8, 4) is 11.3 Å². The van der Waals surface area contributed by atoms with Gasteiger partial charge in [0, 0.05) is 11.1 Å². The van der Waals surface area contributed by atoms with Crippen LogP contribution < -0.4 is 0 Å². The first-order chi connectivity index (χ1) is 8.04. The predicted molar refractivity (Wildman–Crippen MR) is 66.8 cm³/mol. The molecule has 0 aliphatic rings. The molecule has 0 unspecified atom stereocenters. The van der Waals surface area contributed by atoms with Gasteiger partial charge in [0.05, 0.1) is 6.61 Å². The molecule has 0 bridgehead atoms. The molecule has 1 aromatic heterocycles. The minimum atomic E-state index is -0.0442. The van der Waals surface area contributed by atoms with Crippen LogP contribution in [0.2, 0.25) is 0 Å². The zero-order chi connectivity index (χ0) is 12.6. The third-order valence-electron chi connectivity index (χ3n) is 3.06. The van der Waals surface area contributed by atoms with Crippen molar-refractivity contribution in [2.24, 2.45) is 0 Å². The maximum atomic E-state index is 9.39. The Bertz CT molecular complexity index is 532. The van der Waals surface area contributed by atoms with E-state index in [4.69, 9.17) is 4.52 Å². The summed E-state index contributed by atoms with van der Waals surface area (Å²) in [7, 11) is 0. The largest absolute Gasteiger partial charge is 0.391 e. The molecule has 2 rings (SSSR count). The monoisotopic (exact) mass is 231 g/mol. The molecule has 90 valence electrons. The number of benzene rings is 1. The van der Waals surface area contributed by atoms with Gasteiger partial charge in [-0.25, -0.2) is 0 Å². The van der Waals surface area contributed by atoms with E-state index in [1.54, 1.807) is 0 Å². The van der Waals surface area contributed by atoms with Crippen molar-refractivity contribution in [3.63, 3.8) is 0 Å². The molecule has 17 heavy (non-hydrogen) atoms. The first-order valence-electron chi connectivity index (χ1n) is 5.68. The van der Waals surface area contributed by atoms with E-state index in [-0.39, 0.29) is 6.61 Å². The second-order valence-electron chi connectivity index (χ2n) is 4.50. The van der Waals surface area contributed by atoms with Crippen molar-refractivity contribution in [1.82, 2.24) is 5.16 Å². The average molecular weight is 231 g/mol. The van der Waals surface area contributed by atoms with Gasteiger partial charge in [-0.2, -0.15) is 0 Å². The van der Waals surface area contributed by atoms with Crippen LogP contribution in [0.5, 0.6) is 0 Å². The summed E-state index contributed by atoms with van der Waals surface area (Å²) in [6.07, 6.45) is 0. The Morgan fingerprint density at radius 2 is 1.71 bits per heavy atom. The van der Waals surface area contributed by atoms with Crippen LogP contribution in [0.1, 0.15) is 28.0 Å². The smallest absolute Gasteiger partial charge is 0.139 e. The molecule has 0 spiro atoms. The molecule has 0 aliphatic heterocycles. The molecule has 0 amide bonds. The second-order valence-corrected chi connectivity index (χ2v) is 4.50. The molecule has 0 radical (unpaired) electrons. The average Bonchev–Trinajstić information content (AvgIpc) is 2.58. The SMILES string of the molecule is Cc1cc(C)c(-c2noc(C)c2CO)c(C)c1.